The second-order valence-corrected chi connectivity index (χ2v) is 9.09. The predicted octanol–water partition coefficient (Wildman–Crippen LogP) is 5.65. The summed E-state index contributed by atoms with van der Waals surface area (Å²) in [5.41, 5.74) is 2.74. The molecule has 0 aliphatic carbocycles. The van der Waals surface area contributed by atoms with Crippen molar-refractivity contribution in [1.29, 1.82) is 0 Å². The molecule has 2 atom stereocenters. The van der Waals surface area contributed by atoms with E-state index in [0.29, 0.717) is 11.5 Å². The first kappa shape index (κ1) is 24.4. The summed E-state index contributed by atoms with van der Waals surface area (Å²) < 4.78 is 20.0. The van der Waals surface area contributed by atoms with E-state index in [9.17, 15) is 19.4 Å². The molecular weight excluding hydrogens is 423 g/mol. The summed E-state index contributed by atoms with van der Waals surface area (Å²) in [6.45, 7) is 6.04. The van der Waals surface area contributed by atoms with Gasteiger partial charge in [-0.2, -0.15) is 0 Å². The first-order valence-electron chi connectivity index (χ1n) is 10.8. The van der Waals surface area contributed by atoms with Crippen molar-refractivity contribution in [3.8, 4) is 22.5 Å². The minimum Gasteiger partial charge on any atom is -0.481 e. The van der Waals surface area contributed by atoms with E-state index in [1.807, 2.05) is 51.1 Å². The highest BCUT2D eigenvalue weighted by Gasteiger charge is 2.28. The third-order valence-electron chi connectivity index (χ3n) is 5.20. The van der Waals surface area contributed by atoms with Crippen LogP contribution in [0.4, 0.5) is 4.39 Å². The van der Waals surface area contributed by atoms with Crippen LogP contribution in [-0.4, -0.2) is 33.5 Å². The van der Waals surface area contributed by atoms with E-state index in [2.05, 4.69) is 0 Å². The van der Waals surface area contributed by atoms with Gasteiger partial charge in [0.25, 0.3) is 0 Å². The SMILES string of the molecule is CC(C)(C)c1oc(-c2ccccc2)c(-c2ccc(F)cc2)c1/C=C/C(O)CC(O)CC(=O)O. The maximum absolute atomic E-state index is 13.7. The summed E-state index contributed by atoms with van der Waals surface area (Å²) in [6.07, 6.45) is 0.486. The van der Waals surface area contributed by atoms with Crippen molar-refractivity contribution in [1.82, 2.24) is 0 Å². The van der Waals surface area contributed by atoms with Crippen LogP contribution in [0.3, 0.4) is 0 Å². The number of rotatable bonds is 8. The number of furan rings is 1. The minimum absolute atomic E-state index is 0.108. The first-order valence-corrected chi connectivity index (χ1v) is 10.8. The molecule has 2 unspecified atom stereocenters. The second kappa shape index (κ2) is 10.1. The number of carbonyl (C=O) groups is 1. The Hall–Kier alpha value is -3.22. The van der Waals surface area contributed by atoms with E-state index in [1.165, 1.54) is 18.2 Å². The molecule has 0 amide bonds. The van der Waals surface area contributed by atoms with E-state index in [4.69, 9.17) is 9.52 Å². The Kier molecular flexibility index (Phi) is 7.51. The van der Waals surface area contributed by atoms with Crippen LogP contribution in [0.15, 0.2) is 65.1 Å². The molecule has 0 bridgehead atoms. The lowest BCUT2D eigenvalue weighted by molar-refractivity contribution is -0.139. The molecule has 0 spiro atoms. The van der Waals surface area contributed by atoms with Crippen molar-refractivity contribution in [2.75, 3.05) is 0 Å². The van der Waals surface area contributed by atoms with Gasteiger partial charge in [-0.25, -0.2) is 4.39 Å². The van der Waals surface area contributed by atoms with E-state index in [1.54, 1.807) is 18.2 Å². The number of carboxylic acids is 1. The zero-order valence-electron chi connectivity index (χ0n) is 19.0. The normalized spacial score (nSPS) is 13.9. The molecule has 3 N–H and O–H groups in total. The second-order valence-electron chi connectivity index (χ2n) is 9.09. The van der Waals surface area contributed by atoms with Crippen LogP contribution in [0.25, 0.3) is 28.5 Å². The molecule has 6 heteroatoms. The summed E-state index contributed by atoms with van der Waals surface area (Å²) in [5.74, 6) is -0.156. The number of aliphatic hydroxyl groups excluding tert-OH is 2. The lowest BCUT2D eigenvalue weighted by atomic mass is 9.87. The molecule has 0 radical (unpaired) electrons. The highest BCUT2D eigenvalue weighted by Crippen LogP contribution is 2.44. The summed E-state index contributed by atoms with van der Waals surface area (Å²) >= 11 is 0. The van der Waals surface area contributed by atoms with Crippen LogP contribution in [0.2, 0.25) is 0 Å². The van der Waals surface area contributed by atoms with Crippen molar-refractivity contribution in [2.45, 2.75) is 51.2 Å². The lowest BCUT2D eigenvalue weighted by Crippen LogP contribution is -2.19. The number of hydrogen-bond donors (Lipinski definition) is 3. The minimum atomic E-state index is -1.16. The Morgan fingerprint density at radius 2 is 1.67 bits per heavy atom. The van der Waals surface area contributed by atoms with E-state index >= 15 is 0 Å². The van der Waals surface area contributed by atoms with Crippen LogP contribution < -0.4 is 0 Å². The van der Waals surface area contributed by atoms with Gasteiger partial charge in [-0.1, -0.05) is 75.4 Å². The van der Waals surface area contributed by atoms with Crippen molar-refractivity contribution in [3.05, 3.63) is 77.8 Å². The van der Waals surface area contributed by atoms with E-state index in [0.717, 1.165) is 22.3 Å². The fraction of sp³-hybridized carbons (Fsp3) is 0.296. The molecule has 0 aliphatic heterocycles. The maximum atomic E-state index is 13.7. The topological polar surface area (TPSA) is 90.9 Å². The quantitative estimate of drug-likeness (QED) is 0.411. The molecule has 0 fully saturated rings. The number of halogens is 1. The standard InChI is InChI=1S/C27H29FO5/c1-27(2,3)26-22(14-13-20(29)15-21(30)16-23(31)32)24(17-9-11-19(28)12-10-17)25(33-26)18-7-5-4-6-8-18/h4-14,20-21,29-30H,15-16H2,1-3H3,(H,31,32)/b14-13+. The van der Waals surface area contributed by atoms with Crippen LogP contribution in [-0.2, 0) is 10.2 Å². The molecule has 3 aromatic rings. The molecule has 3 rings (SSSR count). The van der Waals surface area contributed by atoms with Gasteiger partial charge < -0.3 is 19.7 Å². The zero-order chi connectivity index (χ0) is 24.2. The van der Waals surface area contributed by atoms with Crippen LogP contribution in [0, 0.1) is 5.82 Å². The van der Waals surface area contributed by atoms with Crippen molar-refractivity contribution >= 4 is 12.0 Å². The Bertz CT molecular complexity index is 1110. The molecule has 2 aromatic carbocycles. The molecule has 0 saturated heterocycles. The largest absolute Gasteiger partial charge is 0.481 e. The monoisotopic (exact) mass is 452 g/mol. The van der Waals surface area contributed by atoms with Gasteiger partial charge in [-0.3, -0.25) is 4.79 Å². The summed E-state index contributed by atoms with van der Waals surface area (Å²) in [6, 6.07) is 15.7. The van der Waals surface area contributed by atoms with Gasteiger partial charge in [0.15, 0.2) is 0 Å². The summed E-state index contributed by atoms with van der Waals surface area (Å²) in [4.78, 5) is 10.8. The number of aliphatic hydroxyl groups is 2. The average Bonchev–Trinajstić information content (AvgIpc) is 3.13. The predicted molar refractivity (Wildman–Crippen MR) is 126 cm³/mol. The van der Waals surface area contributed by atoms with Gasteiger partial charge in [0.2, 0.25) is 0 Å². The highest BCUT2D eigenvalue weighted by atomic mass is 19.1. The highest BCUT2D eigenvalue weighted by molar-refractivity contribution is 5.88. The molecule has 33 heavy (non-hydrogen) atoms. The van der Waals surface area contributed by atoms with Gasteiger partial charge in [-0.15, -0.1) is 0 Å². The smallest absolute Gasteiger partial charge is 0.305 e. The van der Waals surface area contributed by atoms with Gasteiger partial charge in [-0.05, 0) is 17.7 Å². The van der Waals surface area contributed by atoms with Gasteiger partial charge in [0.1, 0.15) is 17.3 Å². The molecular formula is C27H29FO5. The average molecular weight is 453 g/mol. The molecule has 5 nitrogen and oxygen atoms in total. The molecule has 0 saturated carbocycles. The number of hydrogen-bond acceptors (Lipinski definition) is 4. The molecule has 1 aromatic heterocycles. The Balaban J connectivity index is 2.13. The fourth-order valence-electron chi connectivity index (χ4n) is 3.71. The zero-order valence-corrected chi connectivity index (χ0v) is 19.0. The number of carboxylic acid groups (broad SMARTS) is 1. The fourth-order valence-corrected chi connectivity index (χ4v) is 3.71. The Morgan fingerprint density at radius 1 is 1.03 bits per heavy atom. The molecule has 174 valence electrons. The summed E-state index contributed by atoms with van der Waals surface area (Å²) in [5, 5.41) is 29.1. The van der Waals surface area contributed by atoms with Crippen LogP contribution in [0.1, 0.15) is 44.9 Å². The first-order chi connectivity index (χ1) is 15.6. The number of benzene rings is 2. The molecule has 0 aliphatic rings. The Morgan fingerprint density at radius 3 is 2.24 bits per heavy atom. The van der Waals surface area contributed by atoms with Crippen molar-refractivity contribution in [3.63, 3.8) is 0 Å². The maximum Gasteiger partial charge on any atom is 0.305 e. The van der Waals surface area contributed by atoms with Crippen LogP contribution >= 0.6 is 0 Å². The van der Waals surface area contributed by atoms with Gasteiger partial charge in [0.05, 0.1) is 18.6 Å². The van der Waals surface area contributed by atoms with Crippen LogP contribution in [0.5, 0.6) is 0 Å². The van der Waals surface area contributed by atoms with Gasteiger partial charge in [0, 0.05) is 28.5 Å². The van der Waals surface area contributed by atoms with Crippen molar-refractivity contribution in [2.24, 2.45) is 0 Å². The summed E-state index contributed by atoms with van der Waals surface area (Å²) in [7, 11) is 0. The third-order valence-corrected chi connectivity index (χ3v) is 5.20. The Labute approximate surface area is 192 Å². The molecule has 1 heterocycles. The van der Waals surface area contributed by atoms with E-state index < -0.39 is 24.6 Å². The third kappa shape index (κ3) is 6.18. The van der Waals surface area contributed by atoms with E-state index in [-0.39, 0.29) is 17.7 Å². The lowest BCUT2D eigenvalue weighted by Gasteiger charge is -2.17. The van der Waals surface area contributed by atoms with Gasteiger partial charge >= 0.3 is 5.97 Å². The van der Waals surface area contributed by atoms with Crippen molar-refractivity contribution < 1.29 is 28.9 Å². The number of aliphatic carboxylic acids is 1.